The number of hydrogen-bond donors (Lipinski definition) is 4. The molecule has 1 aromatic rings. The molecule has 0 saturated carbocycles. The molecule has 1 saturated heterocycles. The topological polar surface area (TPSA) is 143 Å². The van der Waals surface area contributed by atoms with E-state index in [2.05, 4.69) is 0 Å². The maximum absolute atomic E-state index is 10.6. The van der Waals surface area contributed by atoms with E-state index < -0.39 is 42.2 Å². The van der Waals surface area contributed by atoms with Gasteiger partial charge in [0.2, 0.25) is 0 Å². The number of ether oxygens (including phenoxy) is 2. The summed E-state index contributed by atoms with van der Waals surface area (Å²) in [5, 5.41) is 48.5. The second-order valence-corrected chi connectivity index (χ2v) is 4.92. The van der Waals surface area contributed by atoms with Crippen molar-refractivity contribution >= 4 is 5.69 Å². The van der Waals surface area contributed by atoms with Gasteiger partial charge in [-0.15, -0.1) is 0 Å². The molecule has 9 nitrogen and oxygen atoms in total. The maximum atomic E-state index is 10.6. The summed E-state index contributed by atoms with van der Waals surface area (Å²) in [6.07, 6.45) is -6.24. The van der Waals surface area contributed by atoms with Gasteiger partial charge in [0.1, 0.15) is 24.4 Å². The second-order valence-electron chi connectivity index (χ2n) is 4.92. The Kier molecular flexibility index (Phi) is 5.40. The molecule has 4 N–H and O–H groups in total. The average molecular weight is 315 g/mol. The number of nitro groups is 1. The van der Waals surface area contributed by atoms with Crippen LogP contribution in [0.4, 0.5) is 5.69 Å². The van der Waals surface area contributed by atoms with E-state index in [1.807, 2.05) is 0 Å². The summed E-state index contributed by atoms with van der Waals surface area (Å²) in [7, 11) is 0. The molecule has 0 radical (unpaired) electrons. The lowest BCUT2D eigenvalue weighted by atomic mass is 10.0. The van der Waals surface area contributed by atoms with Crippen LogP contribution in [0, 0.1) is 10.1 Å². The summed E-state index contributed by atoms with van der Waals surface area (Å²) in [6.45, 7) is -0.835. The zero-order valence-electron chi connectivity index (χ0n) is 11.5. The quantitative estimate of drug-likeness (QED) is 0.404. The highest BCUT2D eigenvalue weighted by Crippen LogP contribution is 2.29. The van der Waals surface area contributed by atoms with E-state index in [9.17, 15) is 25.4 Å². The number of aliphatic hydroxyl groups excluding tert-OH is 4. The van der Waals surface area contributed by atoms with E-state index in [0.29, 0.717) is 5.56 Å². The molecule has 0 aliphatic carbocycles. The first-order chi connectivity index (χ1) is 10.4. The summed E-state index contributed by atoms with van der Waals surface area (Å²) in [4.78, 5) is 10.1. The van der Waals surface area contributed by atoms with Crippen LogP contribution < -0.4 is 0 Å². The molecule has 122 valence electrons. The van der Waals surface area contributed by atoms with Gasteiger partial charge in [0.25, 0.3) is 5.69 Å². The highest BCUT2D eigenvalue weighted by atomic mass is 16.7. The summed E-state index contributed by atoms with van der Waals surface area (Å²) in [5.74, 6) is 0. The Morgan fingerprint density at radius 1 is 1.32 bits per heavy atom. The molecule has 0 aromatic heterocycles. The zero-order valence-corrected chi connectivity index (χ0v) is 11.5. The van der Waals surface area contributed by atoms with Crippen molar-refractivity contribution in [3.05, 3.63) is 39.9 Å². The Labute approximate surface area is 125 Å². The number of benzene rings is 1. The number of nitrogens with zero attached hydrogens (tertiary/aromatic N) is 1. The molecule has 0 bridgehead atoms. The van der Waals surface area contributed by atoms with Gasteiger partial charge in [-0.1, -0.05) is 0 Å². The predicted molar refractivity (Wildman–Crippen MR) is 71.8 cm³/mol. The average Bonchev–Trinajstić information content (AvgIpc) is 2.54. The third kappa shape index (κ3) is 3.58. The molecule has 1 aliphatic rings. The van der Waals surface area contributed by atoms with Crippen LogP contribution in [0.25, 0.3) is 0 Å². The third-order valence-electron chi connectivity index (χ3n) is 3.37. The zero-order chi connectivity index (χ0) is 16.3. The lowest BCUT2D eigenvalue weighted by Crippen LogP contribution is -2.52. The summed E-state index contributed by atoms with van der Waals surface area (Å²) in [6, 6.07) is 5.43. The molecule has 1 aliphatic heterocycles. The van der Waals surface area contributed by atoms with Crippen molar-refractivity contribution in [3.63, 3.8) is 0 Å². The van der Waals surface area contributed by atoms with Crippen LogP contribution in [0.1, 0.15) is 11.9 Å². The predicted octanol–water partition coefficient (Wildman–Crippen LogP) is -0.916. The van der Waals surface area contributed by atoms with E-state index in [-0.39, 0.29) is 12.3 Å². The van der Waals surface area contributed by atoms with Gasteiger partial charge in [-0.25, -0.2) is 0 Å². The van der Waals surface area contributed by atoms with Gasteiger partial charge in [-0.05, 0) is 12.1 Å². The van der Waals surface area contributed by atoms with E-state index >= 15 is 0 Å². The van der Waals surface area contributed by atoms with Crippen molar-refractivity contribution in [1.29, 1.82) is 0 Å². The Hall–Kier alpha value is -1.62. The number of hydrogen-bond acceptors (Lipinski definition) is 8. The van der Waals surface area contributed by atoms with E-state index in [0.717, 1.165) is 0 Å². The first-order valence-electron chi connectivity index (χ1n) is 6.60. The first kappa shape index (κ1) is 16.7. The van der Waals surface area contributed by atoms with Crippen LogP contribution in [0.5, 0.6) is 0 Å². The van der Waals surface area contributed by atoms with Crippen molar-refractivity contribution in [2.75, 3.05) is 13.2 Å². The minimum Gasteiger partial charge on any atom is -0.394 e. The summed E-state index contributed by atoms with van der Waals surface area (Å²) < 4.78 is 10.7. The van der Waals surface area contributed by atoms with Crippen LogP contribution in [-0.4, -0.2) is 63.0 Å². The highest BCUT2D eigenvalue weighted by Gasteiger charge is 2.39. The van der Waals surface area contributed by atoms with Gasteiger partial charge in [0.05, 0.1) is 18.1 Å². The van der Waals surface area contributed by atoms with Crippen molar-refractivity contribution in [3.8, 4) is 0 Å². The smallest absolute Gasteiger partial charge is 0.269 e. The Morgan fingerprint density at radius 3 is 2.50 bits per heavy atom. The van der Waals surface area contributed by atoms with Crippen molar-refractivity contribution < 1.29 is 34.8 Å². The molecule has 2 unspecified atom stereocenters. The molecule has 2 rings (SSSR count). The SMILES string of the molecule is O=[N+]([O-])c1ccc(C2OC[C@H](O)C([C@H](O)[C@H](O)CO)O2)cc1. The van der Waals surface area contributed by atoms with Crippen LogP contribution >= 0.6 is 0 Å². The molecule has 5 atom stereocenters. The van der Waals surface area contributed by atoms with Gasteiger partial charge in [-0.3, -0.25) is 10.1 Å². The Balaban J connectivity index is 2.11. The molecular formula is C13H17NO8. The molecule has 9 heteroatoms. The number of nitro benzene ring substituents is 1. The Bertz CT molecular complexity index is 507. The lowest BCUT2D eigenvalue weighted by molar-refractivity contribution is -0.384. The monoisotopic (exact) mass is 315 g/mol. The number of aliphatic hydroxyl groups is 4. The van der Waals surface area contributed by atoms with Crippen LogP contribution in [0.3, 0.4) is 0 Å². The van der Waals surface area contributed by atoms with Gasteiger partial charge in [-0.2, -0.15) is 0 Å². The van der Waals surface area contributed by atoms with E-state index in [4.69, 9.17) is 14.6 Å². The molecule has 22 heavy (non-hydrogen) atoms. The second kappa shape index (κ2) is 7.09. The highest BCUT2D eigenvalue weighted by molar-refractivity contribution is 5.33. The molecule has 1 aromatic carbocycles. The van der Waals surface area contributed by atoms with Crippen LogP contribution in [0.15, 0.2) is 24.3 Å². The molecule has 1 fully saturated rings. The summed E-state index contributed by atoms with van der Waals surface area (Å²) >= 11 is 0. The lowest BCUT2D eigenvalue weighted by Gasteiger charge is -2.37. The van der Waals surface area contributed by atoms with Gasteiger partial charge in [0.15, 0.2) is 6.29 Å². The minimum atomic E-state index is -1.50. The van der Waals surface area contributed by atoms with E-state index in [1.165, 1.54) is 24.3 Å². The van der Waals surface area contributed by atoms with Crippen LogP contribution in [0.2, 0.25) is 0 Å². The minimum absolute atomic E-state index is 0.0909. The normalized spacial score (nSPS) is 28.1. The van der Waals surface area contributed by atoms with Crippen molar-refractivity contribution in [1.82, 2.24) is 0 Å². The maximum Gasteiger partial charge on any atom is 0.269 e. The summed E-state index contributed by atoms with van der Waals surface area (Å²) in [5.41, 5.74) is 0.375. The third-order valence-corrected chi connectivity index (χ3v) is 3.37. The fourth-order valence-electron chi connectivity index (χ4n) is 2.12. The first-order valence-corrected chi connectivity index (χ1v) is 6.60. The fraction of sp³-hybridized carbons (Fsp3) is 0.538. The molecule has 1 heterocycles. The largest absolute Gasteiger partial charge is 0.394 e. The number of rotatable bonds is 5. The molecular weight excluding hydrogens is 298 g/mol. The molecule has 0 spiro atoms. The van der Waals surface area contributed by atoms with Gasteiger partial charge < -0.3 is 29.9 Å². The number of non-ortho nitro benzene ring substituents is 1. The van der Waals surface area contributed by atoms with Gasteiger partial charge >= 0.3 is 0 Å². The fourth-order valence-corrected chi connectivity index (χ4v) is 2.12. The van der Waals surface area contributed by atoms with Crippen molar-refractivity contribution in [2.45, 2.75) is 30.7 Å². The molecule has 0 amide bonds. The van der Waals surface area contributed by atoms with Crippen molar-refractivity contribution in [2.24, 2.45) is 0 Å². The van der Waals surface area contributed by atoms with Crippen LogP contribution in [-0.2, 0) is 9.47 Å². The Morgan fingerprint density at radius 2 is 1.95 bits per heavy atom. The standard InChI is InChI=1S/C13H17NO8/c15-5-9(16)11(18)12-10(17)6-21-13(22-12)7-1-3-8(4-2-7)14(19)20/h1-4,9-13,15-18H,5-6H2/t9-,10+,11-,12?,13?/m1/s1. The van der Waals surface area contributed by atoms with Gasteiger partial charge in [0, 0.05) is 17.7 Å². The van der Waals surface area contributed by atoms with E-state index in [1.54, 1.807) is 0 Å².